The van der Waals surface area contributed by atoms with Gasteiger partial charge >= 0.3 is 0 Å². The summed E-state index contributed by atoms with van der Waals surface area (Å²) < 4.78 is 14.7. The van der Waals surface area contributed by atoms with Gasteiger partial charge in [-0.25, -0.2) is 9.37 Å². The van der Waals surface area contributed by atoms with Crippen LogP contribution in [0.15, 0.2) is 24.3 Å². The number of carbonyl (C=O) groups is 1. The molecule has 2 aromatic rings. The molecule has 0 saturated carbocycles. The molecule has 0 atom stereocenters. The predicted octanol–water partition coefficient (Wildman–Crippen LogP) is 2.73. The van der Waals surface area contributed by atoms with Crippen LogP contribution in [0.4, 0.5) is 4.39 Å². The molecule has 22 heavy (non-hydrogen) atoms. The van der Waals surface area contributed by atoms with Gasteiger partial charge in [0.05, 0.1) is 17.9 Å². The van der Waals surface area contributed by atoms with E-state index in [0.29, 0.717) is 31.2 Å². The third-order valence-corrected chi connectivity index (χ3v) is 4.43. The summed E-state index contributed by atoms with van der Waals surface area (Å²) in [5.74, 6) is -0.154. The van der Waals surface area contributed by atoms with Gasteiger partial charge in [0, 0.05) is 26.4 Å². The van der Waals surface area contributed by atoms with Gasteiger partial charge in [-0.2, -0.15) is 0 Å². The van der Waals surface area contributed by atoms with Crippen molar-refractivity contribution < 1.29 is 9.18 Å². The van der Waals surface area contributed by atoms with E-state index in [1.807, 2.05) is 16.5 Å². The summed E-state index contributed by atoms with van der Waals surface area (Å²) in [7, 11) is 1.86. The van der Waals surface area contributed by atoms with Gasteiger partial charge in [-0.3, -0.25) is 4.79 Å². The molecule has 116 valence electrons. The maximum atomic E-state index is 12.9. The number of aromatic nitrogens is 2. The van der Waals surface area contributed by atoms with Crippen molar-refractivity contribution in [3.8, 4) is 0 Å². The summed E-state index contributed by atoms with van der Waals surface area (Å²) in [4.78, 5) is 18.5. The Morgan fingerprint density at radius 1 is 1.36 bits per heavy atom. The fourth-order valence-corrected chi connectivity index (χ4v) is 2.93. The molecule has 0 radical (unpaired) electrons. The minimum atomic E-state index is -0.258. The number of rotatable bonds is 3. The van der Waals surface area contributed by atoms with E-state index in [-0.39, 0.29) is 11.7 Å². The summed E-state index contributed by atoms with van der Waals surface area (Å²) in [5, 5.41) is 0.464. The average molecular weight is 322 g/mol. The lowest BCUT2D eigenvalue weighted by Crippen LogP contribution is -2.36. The lowest BCUT2D eigenvalue weighted by Gasteiger charge is -2.27. The summed E-state index contributed by atoms with van der Waals surface area (Å²) in [6.07, 6.45) is 1.78. The zero-order valence-electron chi connectivity index (χ0n) is 12.4. The number of halogens is 2. The highest BCUT2D eigenvalue weighted by atomic mass is 35.5. The topological polar surface area (TPSA) is 38.1 Å². The second-order valence-corrected chi connectivity index (χ2v) is 5.86. The molecule has 6 heteroatoms. The number of hydrogen-bond acceptors (Lipinski definition) is 2. The Bertz CT molecular complexity index is 696. The highest BCUT2D eigenvalue weighted by Gasteiger charge is 2.24. The molecule has 0 N–H and O–H groups in total. The second kappa shape index (κ2) is 6.08. The van der Waals surface area contributed by atoms with Crippen LogP contribution in [-0.2, 0) is 31.2 Å². The van der Waals surface area contributed by atoms with Crippen molar-refractivity contribution in [2.45, 2.75) is 25.8 Å². The number of aryl methyl sites for hydroxylation is 1. The number of amides is 1. The highest BCUT2D eigenvalue weighted by Crippen LogP contribution is 2.22. The SMILES string of the molecule is Cn1c(Cl)nc2c1CN(C(=O)CCc1ccc(F)cc1)CC2. The molecule has 3 rings (SSSR count). The molecule has 0 unspecified atom stereocenters. The minimum absolute atomic E-state index is 0.104. The average Bonchev–Trinajstić information content (AvgIpc) is 2.81. The van der Waals surface area contributed by atoms with Crippen molar-refractivity contribution in [1.29, 1.82) is 0 Å². The van der Waals surface area contributed by atoms with E-state index in [4.69, 9.17) is 11.6 Å². The van der Waals surface area contributed by atoms with Crippen LogP contribution in [0.1, 0.15) is 23.4 Å². The summed E-state index contributed by atoms with van der Waals surface area (Å²) in [5.41, 5.74) is 2.96. The van der Waals surface area contributed by atoms with Crippen molar-refractivity contribution in [3.63, 3.8) is 0 Å². The molecule has 0 bridgehead atoms. The molecule has 0 aliphatic carbocycles. The van der Waals surface area contributed by atoms with Crippen molar-refractivity contribution in [1.82, 2.24) is 14.5 Å². The molecule has 1 amide bonds. The molecule has 0 saturated heterocycles. The number of fused-ring (bicyclic) bond motifs is 1. The van der Waals surface area contributed by atoms with Crippen LogP contribution in [0, 0.1) is 5.82 Å². The molecular weight excluding hydrogens is 305 g/mol. The first-order chi connectivity index (χ1) is 10.5. The number of imidazole rings is 1. The Morgan fingerprint density at radius 2 is 2.09 bits per heavy atom. The van der Waals surface area contributed by atoms with E-state index in [2.05, 4.69) is 4.98 Å². The maximum Gasteiger partial charge on any atom is 0.223 e. The fourth-order valence-electron chi connectivity index (χ4n) is 2.73. The van der Waals surface area contributed by atoms with Crippen LogP contribution in [0.2, 0.25) is 5.28 Å². The van der Waals surface area contributed by atoms with E-state index >= 15 is 0 Å². The molecule has 2 heterocycles. The Labute approximate surface area is 133 Å². The number of hydrogen-bond donors (Lipinski definition) is 0. The lowest BCUT2D eigenvalue weighted by molar-refractivity contribution is -0.132. The van der Waals surface area contributed by atoms with E-state index in [1.165, 1.54) is 12.1 Å². The summed E-state index contributed by atoms with van der Waals surface area (Å²) in [6.45, 7) is 1.22. The van der Waals surface area contributed by atoms with Crippen molar-refractivity contribution in [2.24, 2.45) is 7.05 Å². The highest BCUT2D eigenvalue weighted by molar-refractivity contribution is 6.28. The molecule has 0 fully saturated rings. The van der Waals surface area contributed by atoms with Gasteiger partial charge in [-0.05, 0) is 35.7 Å². The van der Waals surface area contributed by atoms with Crippen LogP contribution in [-0.4, -0.2) is 26.9 Å². The van der Waals surface area contributed by atoms with E-state index in [9.17, 15) is 9.18 Å². The van der Waals surface area contributed by atoms with Gasteiger partial charge in [-0.15, -0.1) is 0 Å². The van der Waals surface area contributed by atoms with E-state index < -0.39 is 0 Å². The lowest BCUT2D eigenvalue weighted by atomic mass is 10.1. The number of benzene rings is 1. The van der Waals surface area contributed by atoms with Crippen LogP contribution >= 0.6 is 11.6 Å². The molecule has 1 aromatic heterocycles. The summed E-state index contributed by atoms with van der Waals surface area (Å²) in [6, 6.07) is 6.28. The molecule has 1 aliphatic heterocycles. The quantitative estimate of drug-likeness (QED) is 0.872. The molecular formula is C16H17ClFN3O. The molecule has 1 aromatic carbocycles. The van der Waals surface area contributed by atoms with Crippen LogP contribution < -0.4 is 0 Å². The van der Waals surface area contributed by atoms with Gasteiger partial charge in [0.1, 0.15) is 5.82 Å². The zero-order chi connectivity index (χ0) is 15.7. The Hall–Kier alpha value is -1.88. The van der Waals surface area contributed by atoms with Gasteiger partial charge in [0.15, 0.2) is 0 Å². The second-order valence-electron chi connectivity index (χ2n) is 5.52. The Kier molecular flexibility index (Phi) is 4.16. The van der Waals surface area contributed by atoms with Gasteiger partial charge in [0.25, 0.3) is 0 Å². The normalized spacial score (nSPS) is 14.0. The smallest absolute Gasteiger partial charge is 0.223 e. The molecule has 0 spiro atoms. The van der Waals surface area contributed by atoms with Crippen molar-refractivity contribution in [3.05, 3.63) is 52.3 Å². The van der Waals surface area contributed by atoms with Crippen LogP contribution in [0.5, 0.6) is 0 Å². The Balaban J connectivity index is 1.61. The first kappa shape index (κ1) is 15.0. The zero-order valence-corrected chi connectivity index (χ0v) is 13.1. The van der Waals surface area contributed by atoms with Gasteiger partial charge < -0.3 is 9.47 Å². The standard InChI is InChI=1S/C16H17ClFN3O/c1-20-14-10-21(9-8-13(14)19-16(20)17)15(22)7-4-11-2-5-12(18)6-3-11/h2-3,5-6H,4,7-10H2,1H3. The summed E-state index contributed by atoms with van der Waals surface area (Å²) >= 11 is 6.02. The monoisotopic (exact) mass is 321 g/mol. The van der Waals surface area contributed by atoms with Crippen molar-refractivity contribution in [2.75, 3.05) is 6.54 Å². The third-order valence-electron chi connectivity index (χ3n) is 4.09. The van der Waals surface area contributed by atoms with Crippen LogP contribution in [0.3, 0.4) is 0 Å². The van der Waals surface area contributed by atoms with E-state index in [0.717, 1.165) is 23.4 Å². The number of nitrogens with zero attached hydrogens (tertiary/aromatic N) is 3. The third kappa shape index (κ3) is 2.99. The Morgan fingerprint density at radius 3 is 2.82 bits per heavy atom. The maximum absolute atomic E-state index is 12.9. The largest absolute Gasteiger partial charge is 0.336 e. The predicted molar refractivity (Wildman–Crippen MR) is 82.1 cm³/mol. The van der Waals surface area contributed by atoms with Crippen LogP contribution in [0.25, 0.3) is 0 Å². The molecule has 4 nitrogen and oxygen atoms in total. The first-order valence-corrected chi connectivity index (χ1v) is 7.64. The molecule has 1 aliphatic rings. The first-order valence-electron chi connectivity index (χ1n) is 7.27. The van der Waals surface area contributed by atoms with Gasteiger partial charge in [-0.1, -0.05) is 12.1 Å². The van der Waals surface area contributed by atoms with E-state index in [1.54, 1.807) is 12.1 Å². The minimum Gasteiger partial charge on any atom is -0.336 e. The fraction of sp³-hybridized carbons (Fsp3) is 0.375. The van der Waals surface area contributed by atoms with Gasteiger partial charge in [0.2, 0.25) is 11.2 Å². The van der Waals surface area contributed by atoms with Crippen molar-refractivity contribution >= 4 is 17.5 Å². The number of carbonyl (C=O) groups excluding carboxylic acids is 1.